The summed E-state index contributed by atoms with van der Waals surface area (Å²) in [6, 6.07) is 5.53. The van der Waals surface area contributed by atoms with Crippen molar-refractivity contribution in [3.05, 3.63) is 56.6 Å². The van der Waals surface area contributed by atoms with E-state index >= 15 is 0 Å². The number of halogens is 4. The van der Waals surface area contributed by atoms with Gasteiger partial charge in [0.25, 0.3) is 5.56 Å². The quantitative estimate of drug-likeness (QED) is 0.471. The molecule has 1 aliphatic heterocycles. The fraction of sp³-hybridized carbons (Fsp3) is 0.458. The number of alkyl halides is 3. The lowest BCUT2D eigenvalue weighted by Gasteiger charge is -2.48. The van der Waals surface area contributed by atoms with Gasteiger partial charge in [-0.25, -0.2) is 9.37 Å². The fourth-order valence-electron chi connectivity index (χ4n) is 4.84. The number of aromatic nitrogens is 2. The Morgan fingerprint density at radius 2 is 1.94 bits per heavy atom. The summed E-state index contributed by atoms with van der Waals surface area (Å²) in [6.07, 6.45) is -4.52. The number of hydrogen-bond donors (Lipinski definition) is 0. The first-order chi connectivity index (χ1) is 16.4. The molecule has 6 nitrogen and oxygen atoms in total. The Labute approximate surface area is 204 Å². The van der Waals surface area contributed by atoms with E-state index in [1.807, 2.05) is 18.7 Å². The molecule has 11 heteroatoms. The van der Waals surface area contributed by atoms with Gasteiger partial charge in [-0.15, -0.1) is 0 Å². The fourth-order valence-corrected chi connectivity index (χ4v) is 5.81. The molecular formula is C24H25F4N5OS. The van der Waals surface area contributed by atoms with E-state index in [9.17, 15) is 22.4 Å². The predicted molar refractivity (Wildman–Crippen MR) is 127 cm³/mol. The van der Waals surface area contributed by atoms with E-state index in [4.69, 9.17) is 5.26 Å². The number of thiazole rings is 1. The second-order valence-corrected chi connectivity index (χ2v) is 10.0. The van der Waals surface area contributed by atoms with Crippen LogP contribution in [0.5, 0.6) is 0 Å². The van der Waals surface area contributed by atoms with Crippen molar-refractivity contribution >= 4 is 27.4 Å². The van der Waals surface area contributed by atoms with E-state index in [0.717, 1.165) is 6.07 Å². The lowest BCUT2D eigenvalue weighted by atomic mass is 9.96. The normalized spacial score (nSPS) is 20.3. The molecule has 0 saturated carbocycles. The minimum atomic E-state index is -4.66. The summed E-state index contributed by atoms with van der Waals surface area (Å²) in [5.74, 6) is -0.923. The first kappa shape index (κ1) is 25.1. The van der Waals surface area contributed by atoms with Crippen molar-refractivity contribution in [2.24, 2.45) is 7.05 Å². The molecule has 0 aliphatic carbocycles. The van der Waals surface area contributed by atoms with Crippen LogP contribution in [0, 0.1) is 17.1 Å². The molecule has 0 N–H and O–H groups in total. The van der Waals surface area contributed by atoms with Crippen LogP contribution in [0.1, 0.15) is 42.9 Å². The summed E-state index contributed by atoms with van der Waals surface area (Å²) < 4.78 is 56.1. The molecule has 2 aromatic heterocycles. The third kappa shape index (κ3) is 4.65. The average Bonchev–Trinajstić information content (AvgIpc) is 3.21. The largest absolute Gasteiger partial charge is 0.416 e. The van der Waals surface area contributed by atoms with Gasteiger partial charge in [0.1, 0.15) is 21.2 Å². The minimum absolute atomic E-state index is 0.0306. The van der Waals surface area contributed by atoms with Gasteiger partial charge >= 0.3 is 6.18 Å². The van der Waals surface area contributed by atoms with Gasteiger partial charge in [-0.2, -0.15) is 18.4 Å². The predicted octanol–water partition coefficient (Wildman–Crippen LogP) is 4.88. The Morgan fingerprint density at radius 1 is 1.23 bits per heavy atom. The molecule has 0 spiro atoms. The number of benzene rings is 1. The van der Waals surface area contributed by atoms with Gasteiger partial charge in [-0.3, -0.25) is 9.69 Å². The molecule has 1 fully saturated rings. The highest BCUT2D eigenvalue weighted by molar-refractivity contribution is 7.18. The van der Waals surface area contributed by atoms with Crippen LogP contribution in [-0.4, -0.2) is 39.6 Å². The molecule has 1 unspecified atom stereocenters. The zero-order valence-corrected chi connectivity index (χ0v) is 20.5. The van der Waals surface area contributed by atoms with Crippen molar-refractivity contribution in [2.45, 2.75) is 51.5 Å². The highest BCUT2D eigenvalue weighted by Gasteiger charge is 2.39. The summed E-state index contributed by atoms with van der Waals surface area (Å²) in [5, 5.41) is 9.68. The number of aryl methyl sites for hydroxylation is 1. The molecule has 3 aromatic rings. The zero-order chi connectivity index (χ0) is 25.7. The molecule has 35 heavy (non-hydrogen) atoms. The van der Waals surface area contributed by atoms with Gasteiger partial charge < -0.3 is 9.47 Å². The second-order valence-electron chi connectivity index (χ2n) is 8.98. The van der Waals surface area contributed by atoms with Gasteiger partial charge in [0.15, 0.2) is 0 Å². The number of fused-ring (bicyclic) bond motifs is 1. The summed E-state index contributed by atoms with van der Waals surface area (Å²) >= 11 is 1.31. The Morgan fingerprint density at radius 3 is 2.60 bits per heavy atom. The number of nitriles is 1. The molecule has 4 rings (SSSR count). The zero-order valence-electron chi connectivity index (χ0n) is 19.7. The first-order valence-electron chi connectivity index (χ1n) is 11.2. The maximum absolute atomic E-state index is 13.6. The van der Waals surface area contributed by atoms with Crippen LogP contribution in [0.4, 0.5) is 23.2 Å². The van der Waals surface area contributed by atoms with Crippen LogP contribution in [0.3, 0.4) is 0 Å². The highest BCUT2D eigenvalue weighted by atomic mass is 32.1. The first-order valence-corrected chi connectivity index (χ1v) is 12.0. The lowest BCUT2D eigenvalue weighted by molar-refractivity contribution is -0.139. The maximum atomic E-state index is 13.6. The maximum Gasteiger partial charge on any atom is 0.416 e. The Bertz CT molecular complexity index is 1360. The summed E-state index contributed by atoms with van der Waals surface area (Å²) in [5.41, 5.74) is 0.168. The number of hydrogen-bond acceptors (Lipinski definition) is 6. The molecule has 3 atom stereocenters. The summed E-state index contributed by atoms with van der Waals surface area (Å²) in [7, 11) is 1.66. The van der Waals surface area contributed by atoms with Crippen LogP contribution in [-0.2, 0) is 19.6 Å². The third-order valence-corrected chi connectivity index (χ3v) is 7.77. The topological polar surface area (TPSA) is 65.2 Å². The molecule has 186 valence electrons. The van der Waals surface area contributed by atoms with Crippen molar-refractivity contribution in [3.63, 3.8) is 0 Å². The van der Waals surface area contributed by atoms with Crippen molar-refractivity contribution in [1.82, 2.24) is 14.5 Å². The van der Waals surface area contributed by atoms with Crippen LogP contribution in [0.25, 0.3) is 10.3 Å². The van der Waals surface area contributed by atoms with Crippen LogP contribution in [0.2, 0.25) is 0 Å². The van der Waals surface area contributed by atoms with Gasteiger partial charge in [-0.05, 0) is 38.5 Å². The molecule has 0 amide bonds. The molecule has 1 aliphatic rings. The van der Waals surface area contributed by atoms with Crippen LogP contribution in [0.15, 0.2) is 29.1 Å². The van der Waals surface area contributed by atoms with Gasteiger partial charge in [0.2, 0.25) is 0 Å². The molecule has 0 bridgehead atoms. The van der Waals surface area contributed by atoms with E-state index in [2.05, 4.69) is 16.0 Å². The SMILES string of the molecule is CC(c1ccc(F)cc1C(F)(F)F)N1C[C@H](C)N(c2cc(=O)n(C)c3sc(CC#N)nc23)C[C@H]1C. The number of anilines is 1. The van der Waals surface area contributed by atoms with Crippen LogP contribution < -0.4 is 10.5 Å². The summed E-state index contributed by atoms with van der Waals surface area (Å²) in [4.78, 5) is 22.0. The molecule has 0 radical (unpaired) electrons. The van der Waals surface area contributed by atoms with Crippen molar-refractivity contribution in [1.29, 1.82) is 5.26 Å². The Kier molecular flexibility index (Phi) is 6.64. The second kappa shape index (κ2) is 9.24. The van der Waals surface area contributed by atoms with Crippen molar-refractivity contribution in [2.75, 3.05) is 18.0 Å². The monoisotopic (exact) mass is 507 g/mol. The van der Waals surface area contributed by atoms with E-state index < -0.39 is 23.6 Å². The van der Waals surface area contributed by atoms with Gasteiger partial charge in [0.05, 0.1) is 23.7 Å². The number of nitrogens with zero attached hydrogens (tertiary/aromatic N) is 5. The smallest absolute Gasteiger partial charge is 0.364 e. The van der Waals surface area contributed by atoms with E-state index in [-0.39, 0.29) is 29.6 Å². The standard InChI is InChI=1S/C24H25F4N5OS/c1-13-12-33(19-10-21(34)31(4)23-22(19)30-20(35-23)7-8-29)14(2)11-32(13)15(3)17-6-5-16(25)9-18(17)24(26,27)28/h5-6,9-10,13-15H,7,11-12H2,1-4H3/t13-,14+,15?/m1/s1. The molecular weight excluding hydrogens is 482 g/mol. The van der Waals surface area contributed by atoms with E-state index in [0.29, 0.717) is 40.2 Å². The minimum Gasteiger partial charge on any atom is -0.364 e. The number of rotatable bonds is 4. The van der Waals surface area contributed by atoms with Crippen LogP contribution >= 0.6 is 11.3 Å². The molecule has 1 saturated heterocycles. The van der Waals surface area contributed by atoms with E-state index in [1.165, 1.54) is 28.0 Å². The third-order valence-electron chi connectivity index (χ3n) is 6.63. The molecule has 3 heterocycles. The lowest BCUT2D eigenvalue weighted by Crippen LogP contribution is -2.57. The Hall–Kier alpha value is -2.97. The highest BCUT2D eigenvalue weighted by Crippen LogP contribution is 2.39. The average molecular weight is 508 g/mol. The van der Waals surface area contributed by atoms with Crippen molar-refractivity contribution < 1.29 is 17.6 Å². The molecule has 1 aromatic carbocycles. The number of pyridine rings is 1. The van der Waals surface area contributed by atoms with Gasteiger partial charge in [0, 0.05) is 44.3 Å². The Balaban J connectivity index is 1.68. The van der Waals surface area contributed by atoms with Crippen molar-refractivity contribution in [3.8, 4) is 6.07 Å². The summed E-state index contributed by atoms with van der Waals surface area (Å²) in [6.45, 7) is 6.47. The van der Waals surface area contributed by atoms with Gasteiger partial charge in [-0.1, -0.05) is 17.4 Å². The number of piperazine rings is 1. The van der Waals surface area contributed by atoms with E-state index in [1.54, 1.807) is 14.0 Å².